The summed E-state index contributed by atoms with van der Waals surface area (Å²) < 4.78 is 4.99. The van der Waals surface area contributed by atoms with Crippen LogP contribution in [0.4, 0.5) is 0 Å². The molecule has 0 bridgehead atoms. The number of hydrogen-bond donors (Lipinski definition) is 1. The number of nitrogens with two attached hydrogens (primary N) is 1. The minimum absolute atomic E-state index is 0.556. The predicted octanol–water partition coefficient (Wildman–Crippen LogP) is 1.25. The highest BCUT2D eigenvalue weighted by molar-refractivity contribution is 5.41. The lowest BCUT2D eigenvalue weighted by Crippen LogP contribution is -1.91. The van der Waals surface area contributed by atoms with Gasteiger partial charge in [0.2, 0.25) is 0 Å². The van der Waals surface area contributed by atoms with Gasteiger partial charge < -0.3 is 10.2 Å². The molecule has 0 aromatic carbocycles. The van der Waals surface area contributed by atoms with Crippen molar-refractivity contribution >= 4 is 6.08 Å². The van der Waals surface area contributed by atoms with Gasteiger partial charge in [0.05, 0.1) is 6.26 Å². The minimum atomic E-state index is 0.556. The molecule has 0 aliphatic heterocycles. The Bertz CT molecular complexity index is 177. The Kier molecular flexibility index (Phi) is 2.10. The van der Waals surface area contributed by atoms with Crippen LogP contribution in [0.5, 0.6) is 0 Å². The predicted molar refractivity (Wildman–Crippen MR) is 36.8 cm³/mol. The van der Waals surface area contributed by atoms with E-state index in [-0.39, 0.29) is 0 Å². The lowest BCUT2D eigenvalue weighted by molar-refractivity contribution is 0.557. The van der Waals surface area contributed by atoms with E-state index in [2.05, 4.69) is 0 Å². The first-order chi connectivity index (χ1) is 4.43. The van der Waals surface area contributed by atoms with E-state index in [9.17, 15) is 0 Å². The summed E-state index contributed by atoms with van der Waals surface area (Å²) in [5.41, 5.74) is 5.22. The molecule has 0 radical (unpaired) electrons. The largest absolute Gasteiger partial charge is 0.465 e. The van der Waals surface area contributed by atoms with Crippen molar-refractivity contribution in [1.82, 2.24) is 0 Å². The highest BCUT2D eigenvalue weighted by Crippen LogP contribution is 2.00. The zero-order valence-corrected chi connectivity index (χ0v) is 5.08. The SMILES string of the molecule is NC/C=C\c1ccco1. The Labute approximate surface area is 54.0 Å². The van der Waals surface area contributed by atoms with Crippen LogP contribution >= 0.6 is 0 Å². The lowest BCUT2D eigenvalue weighted by Gasteiger charge is -1.79. The molecule has 1 rings (SSSR count). The molecule has 0 atom stereocenters. The van der Waals surface area contributed by atoms with Gasteiger partial charge in [0.15, 0.2) is 0 Å². The Morgan fingerprint density at radius 2 is 2.56 bits per heavy atom. The Morgan fingerprint density at radius 3 is 3.11 bits per heavy atom. The van der Waals surface area contributed by atoms with E-state index < -0.39 is 0 Å². The summed E-state index contributed by atoms with van der Waals surface area (Å²) in [6.45, 7) is 0.556. The van der Waals surface area contributed by atoms with E-state index in [0.717, 1.165) is 5.76 Å². The van der Waals surface area contributed by atoms with Crippen LogP contribution in [0.1, 0.15) is 5.76 Å². The van der Waals surface area contributed by atoms with Crippen molar-refractivity contribution < 1.29 is 4.42 Å². The molecule has 0 saturated heterocycles. The molecule has 1 aromatic heterocycles. The van der Waals surface area contributed by atoms with Crippen LogP contribution in [0.25, 0.3) is 6.08 Å². The molecule has 9 heavy (non-hydrogen) atoms. The molecule has 0 spiro atoms. The van der Waals surface area contributed by atoms with Gasteiger partial charge in [0.1, 0.15) is 5.76 Å². The first-order valence-electron chi connectivity index (χ1n) is 2.83. The summed E-state index contributed by atoms with van der Waals surface area (Å²) in [5.74, 6) is 0.848. The van der Waals surface area contributed by atoms with Crippen LogP contribution in [0.3, 0.4) is 0 Å². The molecule has 0 saturated carbocycles. The van der Waals surface area contributed by atoms with Crippen molar-refractivity contribution in [3.63, 3.8) is 0 Å². The zero-order valence-electron chi connectivity index (χ0n) is 5.08. The van der Waals surface area contributed by atoms with Gasteiger partial charge in [-0.05, 0) is 18.2 Å². The highest BCUT2D eigenvalue weighted by Gasteiger charge is 1.83. The summed E-state index contributed by atoms with van der Waals surface area (Å²) in [5, 5.41) is 0. The molecule has 2 heteroatoms. The smallest absolute Gasteiger partial charge is 0.126 e. The van der Waals surface area contributed by atoms with Crippen LogP contribution in [-0.4, -0.2) is 6.54 Å². The third-order valence-electron chi connectivity index (χ3n) is 0.961. The summed E-state index contributed by atoms with van der Waals surface area (Å²) in [4.78, 5) is 0. The van der Waals surface area contributed by atoms with Gasteiger partial charge >= 0.3 is 0 Å². The molecule has 48 valence electrons. The molecule has 0 amide bonds. The van der Waals surface area contributed by atoms with E-state index in [4.69, 9.17) is 10.2 Å². The topological polar surface area (TPSA) is 39.2 Å². The lowest BCUT2D eigenvalue weighted by atomic mass is 10.4. The van der Waals surface area contributed by atoms with Crippen molar-refractivity contribution in [2.45, 2.75) is 0 Å². The second-order valence-electron chi connectivity index (χ2n) is 1.65. The quantitative estimate of drug-likeness (QED) is 0.642. The van der Waals surface area contributed by atoms with Crippen LogP contribution in [-0.2, 0) is 0 Å². The van der Waals surface area contributed by atoms with Gasteiger partial charge in [-0.1, -0.05) is 6.08 Å². The molecule has 0 fully saturated rings. The van der Waals surface area contributed by atoms with Crippen molar-refractivity contribution in [2.75, 3.05) is 6.54 Å². The second-order valence-corrected chi connectivity index (χ2v) is 1.65. The Hall–Kier alpha value is -1.02. The molecular formula is C7H9NO. The number of rotatable bonds is 2. The fourth-order valence-electron chi connectivity index (χ4n) is 0.570. The second kappa shape index (κ2) is 3.10. The number of furan rings is 1. The third-order valence-corrected chi connectivity index (χ3v) is 0.961. The summed E-state index contributed by atoms with van der Waals surface area (Å²) >= 11 is 0. The Balaban J connectivity index is 2.57. The van der Waals surface area contributed by atoms with E-state index in [0.29, 0.717) is 6.54 Å². The first kappa shape index (κ1) is 6.11. The van der Waals surface area contributed by atoms with Gasteiger partial charge in [0.25, 0.3) is 0 Å². The van der Waals surface area contributed by atoms with E-state index in [1.807, 2.05) is 24.3 Å². The third kappa shape index (κ3) is 1.74. The molecular weight excluding hydrogens is 114 g/mol. The summed E-state index contributed by atoms with van der Waals surface area (Å²) in [6.07, 6.45) is 5.33. The van der Waals surface area contributed by atoms with E-state index in [1.165, 1.54) is 0 Å². The van der Waals surface area contributed by atoms with Crippen molar-refractivity contribution in [2.24, 2.45) is 5.73 Å². The van der Waals surface area contributed by atoms with E-state index in [1.54, 1.807) is 6.26 Å². The first-order valence-corrected chi connectivity index (χ1v) is 2.83. The maximum atomic E-state index is 5.22. The Morgan fingerprint density at radius 1 is 1.67 bits per heavy atom. The van der Waals surface area contributed by atoms with Gasteiger partial charge in [0, 0.05) is 6.54 Å². The average Bonchev–Trinajstić information content (AvgIpc) is 2.34. The van der Waals surface area contributed by atoms with Crippen LogP contribution in [0, 0.1) is 0 Å². The van der Waals surface area contributed by atoms with Crippen LogP contribution in [0.15, 0.2) is 28.9 Å². The zero-order chi connectivity index (χ0) is 6.53. The maximum Gasteiger partial charge on any atom is 0.126 e. The fraction of sp³-hybridized carbons (Fsp3) is 0.143. The summed E-state index contributed by atoms with van der Waals surface area (Å²) in [6, 6.07) is 3.72. The molecule has 0 aliphatic rings. The van der Waals surface area contributed by atoms with Crippen molar-refractivity contribution in [3.8, 4) is 0 Å². The van der Waals surface area contributed by atoms with Crippen LogP contribution < -0.4 is 5.73 Å². The molecule has 0 aliphatic carbocycles. The van der Waals surface area contributed by atoms with Gasteiger partial charge in [-0.2, -0.15) is 0 Å². The van der Waals surface area contributed by atoms with Gasteiger partial charge in [-0.3, -0.25) is 0 Å². The molecule has 2 N–H and O–H groups in total. The fourth-order valence-corrected chi connectivity index (χ4v) is 0.570. The molecule has 2 nitrogen and oxygen atoms in total. The summed E-state index contributed by atoms with van der Waals surface area (Å²) in [7, 11) is 0. The van der Waals surface area contributed by atoms with Gasteiger partial charge in [-0.25, -0.2) is 0 Å². The molecule has 1 aromatic rings. The highest BCUT2D eigenvalue weighted by atomic mass is 16.3. The monoisotopic (exact) mass is 123 g/mol. The standard InChI is InChI=1S/C7H9NO/c8-5-1-3-7-4-2-6-9-7/h1-4,6H,5,8H2/b3-1-. The van der Waals surface area contributed by atoms with Crippen molar-refractivity contribution in [1.29, 1.82) is 0 Å². The van der Waals surface area contributed by atoms with E-state index >= 15 is 0 Å². The van der Waals surface area contributed by atoms with Crippen LogP contribution in [0.2, 0.25) is 0 Å². The molecule has 0 unspecified atom stereocenters. The average molecular weight is 123 g/mol. The number of hydrogen-bond acceptors (Lipinski definition) is 2. The normalized spacial score (nSPS) is 10.8. The minimum Gasteiger partial charge on any atom is -0.465 e. The maximum absolute atomic E-state index is 5.22. The van der Waals surface area contributed by atoms with Crippen molar-refractivity contribution in [3.05, 3.63) is 30.2 Å². The molecule has 1 heterocycles. The van der Waals surface area contributed by atoms with Gasteiger partial charge in [-0.15, -0.1) is 0 Å².